The average molecular weight is 475 g/mol. The van der Waals surface area contributed by atoms with Gasteiger partial charge in [0, 0.05) is 36.6 Å². The van der Waals surface area contributed by atoms with E-state index in [1.54, 1.807) is 23.8 Å². The molecule has 3 heterocycles. The highest BCUT2D eigenvalue weighted by Crippen LogP contribution is 2.32. The van der Waals surface area contributed by atoms with Gasteiger partial charge in [0.05, 0.1) is 29.9 Å². The molecule has 0 fully saturated rings. The summed E-state index contributed by atoms with van der Waals surface area (Å²) in [5.74, 6) is 0.595. The van der Waals surface area contributed by atoms with Crippen molar-refractivity contribution in [1.82, 2.24) is 30.2 Å². The summed E-state index contributed by atoms with van der Waals surface area (Å²) >= 11 is 0. The zero-order valence-electron chi connectivity index (χ0n) is 20.2. The molecule has 35 heavy (non-hydrogen) atoms. The van der Waals surface area contributed by atoms with Crippen LogP contribution in [0, 0.1) is 6.92 Å². The molecule has 0 aliphatic heterocycles. The number of fused-ring (bicyclic) bond motifs is 1. The Hall–Kier alpha value is -3.98. The van der Waals surface area contributed by atoms with Crippen LogP contribution in [0.1, 0.15) is 25.4 Å². The summed E-state index contributed by atoms with van der Waals surface area (Å²) in [5.41, 5.74) is 5.70. The first-order chi connectivity index (χ1) is 17.0. The number of aromatic amines is 1. The van der Waals surface area contributed by atoms with Gasteiger partial charge in [0.2, 0.25) is 0 Å². The number of rotatable bonds is 9. The first kappa shape index (κ1) is 24.2. The monoisotopic (exact) mass is 474 g/mol. The van der Waals surface area contributed by atoms with Crippen LogP contribution in [0.3, 0.4) is 0 Å². The lowest BCUT2D eigenvalue weighted by Gasteiger charge is -2.13. The second-order valence-corrected chi connectivity index (χ2v) is 8.12. The normalized spacial score (nSPS) is 11.1. The number of nitrogens with one attached hydrogen (secondary N) is 3. The van der Waals surface area contributed by atoms with Crippen LogP contribution in [0.2, 0.25) is 0 Å². The maximum atomic E-state index is 12.9. The molecule has 1 amide bonds. The van der Waals surface area contributed by atoms with Crippen molar-refractivity contribution in [3.63, 3.8) is 0 Å². The van der Waals surface area contributed by atoms with Gasteiger partial charge in [0.1, 0.15) is 5.82 Å². The van der Waals surface area contributed by atoms with E-state index in [-0.39, 0.29) is 12.1 Å². The van der Waals surface area contributed by atoms with Crippen LogP contribution in [0.5, 0.6) is 0 Å². The first-order valence-corrected chi connectivity index (χ1v) is 11.8. The Morgan fingerprint density at radius 2 is 1.97 bits per heavy atom. The fourth-order valence-electron chi connectivity index (χ4n) is 4.02. The van der Waals surface area contributed by atoms with Gasteiger partial charge in [-0.15, -0.1) is 0 Å². The number of aromatic nitrogens is 4. The van der Waals surface area contributed by atoms with E-state index in [2.05, 4.69) is 20.6 Å². The molecule has 4 rings (SSSR count). The largest absolute Gasteiger partial charge is 0.450 e. The van der Waals surface area contributed by atoms with Crippen LogP contribution >= 0.6 is 0 Å². The van der Waals surface area contributed by atoms with Crippen LogP contribution in [0.4, 0.5) is 4.79 Å². The van der Waals surface area contributed by atoms with Gasteiger partial charge < -0.3 is 24.9 Å². The molecule has 0 atom stereocenters. The number of hydrogen-bond acceptors (Lipinski definition) is 6. The molecule has 0 radical (unpaired) electrons. The van der Waals surface area contributed by atoms with Crippen molar-refractivity contribution >= 4 is 17.1 Å². The minimum absolute atomic E-state index is 0.0404. The highest BCUT2D eigenvalue weighted by atomic mass is 16.5. The predicted molar refractivity (Wildman–Crippen MR) is 136 cm³/mol. The minimum atomic E-state index is -0.497. The molecule has 3 aromatic heterocycles. The summed E-state index contributed by atoms with van der Waals surface area (Å²) in [6.45, 7) is 8.47. The van der Waals surface area contributed by atoms with Crippen molar-refractivity contribution < 1.29 is 9.53 Å². The molecule has 3 N–H and O–H groups in total. The maximum absolute atomic E-state index is 12.9. The first-order valence-electron chi connectivity index (χ1n) is 11.8. The topological polar surface area (TPSA) is 114 Å². The molecule has 0 aliphatic carbocycles. The zero-order chi connectivity index (χ0) is 24.8. The van der Waals surface area contributed by atoms with E-state index < -0.39 is 6.09 Å². The number of H-pyrrole nitrogens is 1. The number of carbonyl (C=O) groups is 1. The Labute approximate surface area is 203 Å². The van der Waals surface area contributed by atoms with Gasteiger partial charge in [-0.25, -0.2) is 9.78 Å². The molecule has 0 saturated carbocycles. The van der Waals surface area contributed by atoms with E-state index in [1.165, 1.54) is 0 Å². The average Bonchev–Trinajstić information content (AvgIpc) is 3.27. The van der Waals surface area contributed by atoms with Crippen LogP contribution in [-0.4, -0.2) is 45.3 Å². The second kappa shape index (κ2) is 11.0. The number of amides is 1. The number of nitrogens with zero attached hydrogens (tertiary/aromatic N) is 3. The molecular formula is C26H30N6O3. The van der Waals surface area contributed by atoms with Crippen molar-refractivity contribution in [2.75, 3.05) is 19.7 Å². The Morgan fingerprint density at radius 3 is 2.69 bits per heavy atom. The number of alkyl carbamates (subject to hydrolysis) is 1. The molecule has 0 aliphatic rings. The van der Waals surface area contributed by atoms with Crippen molar-refractivity contribution in [3.05, 3.63) is 70.5 Å². The molecule has 9 nitrogen and oxygen atoms in total. The predicted octanol–water partition coefficient (Wildman–Crippen LogP) is 3.62. The number of hydrogen-bond donors (Lipinski definition) is 3. The number of imidazole rings is 1. The van der Waals surface area contributed by atoms with E-state index in [9.17, 15) is 9.59 Å². The molecule has 0 saturated heterocycles. The molecule has 0 spiro atoms. The fourth-order valence-corrected chi connectivity index (χ4v) is 4.02. The van der Waals surface area contributed by atoms with Crippen molar-refractivity contribution in [1.29, 1.82) is 0 Å². The fraction of sp³-hybridized carbons (Fsp3) is 0.308. The highest BCUT2D eigenvalue weighted by Gasteiger charge is 2.15. The quantitative estimate of drug-likeness (QED) is 0.319. The van der Waals surface area contributed by atoms with Gasteiger partial charge in [-0.2, -0.15) is 0 Å². The van der Waals surface area contributed by atoms with Crippen LogP contribution in [0.25, 0.3) is 33.4 Å². The summed E-state index contributed by atoms with van der Waals surface area (Å²) in [4.78, 5) is 37.1. The van der Waals surface area contributed by atoms with E-state index in [1.807, 2.05) is 50.2 Å². The van der Waals surface area contributed by atoms with Crippen LogP contribution in [0.15, 0.2) is 53.5 Å². The van der Waals surface area contributed by atoms with E-state index in [0.717, 1.165) is 52.2 Å². The van der Waals surface area contributed by atoms with E-state index >= 15 is 0 Å². The Kier molecular flexibility index (Phi) is 7.57. The third-order valence-corrected chi connectivity index (χ3v) is 5.68. The Morgan fingerprint density at radius 1 is 1.14 bits per heavy atom. The van der Waals surface area contributed by atoms with Crippen LogP contribution in [-0.2, 0) is 17.8 Å². The van der Waals surface area contributed by atoms with Crippen LogP contribution < -0.4 is 16.2 Å². The van der Waals surface area contributed by atoms with Crippen molar-refractivity contribution in [2.24, 2.45) is 0 Å². The smallest absolute Gasteiger partial charge is 0.407 e. The van der Waals surface area contributed by atoms with Gasteiger partial charge in [0.25, 0.3) is 5.56 Å². The summed E-state index contributed by atoms with van der Waals surface area (Å²) in [7, 11) is 0. The van der Waals surface area contributed by atoms with E-state index in [4.69, 9.17) is 9.72 Å². The molecule has 0 bridgehead atoms. The number of carbonyl (C=O) groups excluding carboxylic acids is 1. The molecule has 9 heteroatoms. The number of ether oxygens (including phenoxy) is 1. The summed E-state index contributed by atoms with van der Waals surface area (Å²) in [6.07, 6.45) is 1.24. The summed E-state index contributed by atoms with van der Waals surface area (Å²) < 4.78 is 6.71. The van der Waals surface area contributed by atoms with Gasteiger partial charge in [0.15, 0.2) is 0 Å². The zero-order valence-corrected chi connectivity index (χ0v) is 20.2. The lowest BCUT2D eigenvalue weighted by Crippen LogP contribution is -2.28. The maximum Gasteiger partial charge on any atom is 0.407 e. The number of benzene rings is 1. The van der Waals surface area contributed by atoms with Gasteiger partial charge >= 0.3 is 6.09 Å². The lowest BCUT2D eigenvalue weighted by atomic mass is 10.00. The minimum Gasteiger partial charge on any atom is -0.450 e. The Balaban J connectivity index is 1.76. The van der Waals surface area contributed by atoms with Gasteiger partial charge in [-0.3, -0.25) is 9.78 Å². The number of pyridine rings is 2. The van der Waals surface area contributed by atoms with Crippen molar-refractivity contribution in [2.45, 2.75) is 33.9 Å². The third-order valence-electron chi connectivity index (χ3n) is 5.68. The molecule has 4 aromatic rings. The molecule has 0 unspecified atom stereocenters. The highest BCUT2D eigenvalue weighted by molar-refractivity contribution is 5.95. The molecular weight excluding hydrogens is 444 g/mol. The molecule has 182 valence electrons. The number of aryl methyl sites for hydroxylation is 1. The third kappa shape index (κ3) is 5.58. The van der Waals surface area contributed by atoms with E-state index in [0.29, 0.717) is 19.0 Å². The summed E-state index contributed by atoms with van der Waals surface area (Å²) in [5, 5.41) is 5.95. The Bertz CT molecular complexity index is 1380. The lowest BCUT2D eigenvalue weighted by molar-refractivity contribution is 0.151. The number of likely N-dealkylation sites (N-methyl/N-ethyl adjacent to an activating group) is 1. The second-order valence-electron chi connectivity index (χ2n) is 8.12. The van der Waals surface area contributed by atoms with Crippen molar-refractivity contribution in [3.8, 4) is 22.4 Å². The van der Waals surface area contributed by atoms with Gasteiger partial charge in [-0.05, 0) is 61.9 Å². The summed E-state index contributed by atoms with van der Waals surface area (Å²) in [6, 6.07) is 13.4. The molecule has 1 aromatic carbocycles. The van der Waals surface area contributed by atoms with Gasteiger partial charge in [-0.1, -0.05) is 13.0 Å². The SMILES string of the molecule is CCNCCn1c(C)cc(-c2cc(-c3ccccn3)c3nc(CNC(=O)OCC)[nH]c3c2)cc1=O. The standard InChI is InChI=1S/C26H30N6O3/c1-4-27-10-11-32-17(3)12-18(15-24(32)33)19-13-20(21-8-6-7-9-28-21)25-22(14-19)30-23(31-25)16-29-26(34)35-5-2/h6-9,12-15,27H,4-5,10-11,16H2,1-3H3,(H,29,34)(H,30,31).